The average molecular weight is 489 g/mol. The maximum absolute atomic E-state index is 2.49. The molecule has 0 aromatic heterocycles. The Balaban J connectivity index is 1.35. The normalized spacial score (nSPS) is 22.4. The standard InChI is InChI=1S/C38H32/c1-2-12-28-22-31(21-27(28)11-1)35-19-17-25-9-5-7-15-33(25)37(35)38-34-16-8-6-10-26(34)18-20-36(38)32-23-29-13-3-4-14-30(29)24-32/h5-10,15-24H,1-4,11-14H2. The molecule has 38 heavy (non-hydrogen) atoms. The van der Waals surface area contributed by atoms with Crippen molar-refractivity contribution in [1.29, 1.82) is 0 Å². The van der Waals surface area contributed by atoms with E-state index in [0.717, 1.165) is 0 Å². The lowest BCUT2D eigenvalue weighted by Crippen LogP contribution is -2.08. The van der Waals surface area contributed by atoms with Crippen LogP contribution in [0.1, 0.15) is 62.5 Å². The van der Waals surface area contributed by atoms with Gasteiger partial charge in [0.1, 0.15) is 0 Å². The Morgan fingerprint density at radius 3 is 1.13 bits per heavy atom. The van der Waals surface area contributed by atoms with E-state index in [1.54, 1.807) is 23.7 Å². The third-order valence-electron chi connectivity index (χ3n) is 9.16. The second-order valence-electron chi connectivity index (χ2n) is 11.4. The third kappa shape index (κ3) is 3.85. The zero-order chi connectivity index (χ0) is 25.1. The lowest BCUT2D eigenvalue weighted by molar-refractivity contribution is 0.603. The molecular weight excluding hydrogens is 456 g/mol. The molecule has 0 heteroatoms. The van der Waals surface area contributed by atoms with Crippen LogP contribution in [0, 0.1) is 61.2 Å². The molecule has 4 aliphatic rings. The van der Waals surface area contributed by atoms with Gasteiger partial charge in [-0.1, -0.05) is 98.5 Å². The summed E-state index contributed by atoms with van der Waals surface area (Å²) in [6.45, 7) is 0. The van der Waals surface area contributed by atoms with Crippen molar-refractivity contribution in [2.75, 3.05) is 0 Å². The van der Waals surface area contributed by atoms with Crippen LogP contribution in [-0.2, 0) is 0 Å². The summed E-state index contributed by atoms with van der Waals surface area (Å²) in [4.78, 5) is 0. The Labute approximate surface area is 228 Å². The Hall–Kier alpha value is -2.60. The molecule has 184 valence electrons. The second-order valence-corrected chi connectivity index (χ2v) is 11.4. The lowest BCUT2D eigenvalue weighted by Gasteiger charge is -2.24. The van der Waals surface area contributed by atoms with Gasteiger partial charge < -0.3 is 0 Å². The fraction of sp³-hybridized carbons (Fsp3) is 0.211. The fourth-order valence-corrected chi connectivity index (χ4v) is 7.27. The Kier molecular flexibility index (Phi) is 5.85. The summed E-state index contributed by atoms with van der Waals surface area (Å²) >= 11 is 0. The molecular formula is C38H32. The molecule has 0 aliphatic heterocycles. The lowest BCUT2D eigenvalue weighted by atomic mass is 9.79. The zero-order valence-electron chi connectivity index (χ0n) is 21.9. The van der Waals surface area contributed by atoms with Gasteiger partial charge in [0.15, 0.2) is 0 Å². The van der Waals surface area contributed by atoms with E-state index in [-0.39, 0.29) is 0 Å². The number of hydrogen-bond donors (Lipinski definition) is 0. The Bertz CT molecular complexity index is 1340. The van der Waals surface area contributed by atoms with Gasteiger partial charge in [-0.05, 0) is 119 Å². The summed E-state index contributed by atoms with van der Waals surface area (Å²) in [5.41, 5.74) is 5.51. The third-order valence-corrected chi connectivity index (χ3v) is 9.16. The molecule has 0 saturated heterocycles. The quantitative estimate of drug-likeness (QED) is 0.269. The molecule has 10 radical (unpaired) electrons. The molecule has 4 aromatic rings. The molecule has 4 aliphatic carbocycles. The van der Waals surface area contributed by atoms with E-state index >= 15 is 0 Å². The van der Waals surface area contributed by atoms with Crippen LogP contribution >= 0.6 is 0 Å². The molecule has 0 heterocycles. The minimum atomic E-state index is 1.22. The van der Waals surface area contributed by atoms with Crippen molar-refractivity contribution in [3.63, 3.8) is 0 Å². The van der Waals surface area contributed by atoms with Crippen molar-refractivity contribution < 1.29 is 0 Å². The SMILES string of the molecule is [CH]1[C]2CCCC[C]2[CH][C]1c1ccc2ccccc2c1-c1c([C]2[CH][C]3CCCC[C]3[CH]2)ccc2ccccc12. The zero-order valence-corrected chi connectivity index (χ0v) is 21.9. The van der Waals surface area contributed by atoms with Crippen LogP contribution in [0.25, 0.3) is 32.7 Å². The largest absolute Gasteiger partial charge is 0.0616 e. The topological polar surface area (TPSA) is 0 Å². The molecule has 4 saturated carbocycles. The maximum Gasteiger partial charge on any atom is 0.0137 e. The highest BCUT2D eigenvalue weighted by Gasteiger charge is 2.41. The van der Waals surface area contributed by atoms with Crippen LogP contribution < -0.4 is 0 Å². The predicted molar refractivity (Wildman–Crippen MR) is 159 cm³/mol. The monoisotopic (exact) mass is 488 g/mol. The van der Waals surface area contributed by atoms with Crippen LogP contribution in [0.5, 0.6) is 0 Å². The van der Waals surface area contributed by atoms with E-state index in [2.05, 4.69) is 98.5 Å². The highest BCUT2D eigenvalue weighted by Crippen LogP contribution is 2.55. The first-order valence-corrected chi connectivity index (χ1v) is 14.4. The van der Waals surface area contributed by atoms with E-state index in [9.17, 15) is 0 Å². The summed E-state index contributed by atoms with van der Waals surface area (Å²) < 4.78 is 0. The van der Waals surface area contributed by atoms with Crippen LogP contribution in [0.2, 0.25) is 0 Å². The number of rotatable bonds is 3. The van der Waals surface area contributed by atoms with E-state index in [1.165, 1.54) is 107 Å². The summed E-state index contributed by atoms with van der Waals surface area (Å²) in [5.74, 6) is 9.02. The van der Waals surface area contributed by atoms with Crippen molar-refractivity contribution in [2.24, 2.45) is 0 Å². The van der Waals surface area contributed by atoms with Gasteiger partial charge >= 0.3 is 0 Å². The van der Waals surface area contributed by atoms with Crippen molar-refractivity contribution in [2.45, 2.75) is 51.4 Å². The first-order chi connectivity index (χ1) is 18.8. The second kappa shape index (κ2) is 9.55. The molecule has 4 fully saturated rings. The van der Waals surface area contributed by atoms with Crippen LogP contribution in [-0.4, -0.2) is 0 Å². The van der Waals surface area contributed by atoms with E-state index in [4.69, 9.17) is 0 Å². The Morgan fingerprint density at radius 1 is 0.368 bits per heavy atom. The molecule has 0 spiro atoms. The minimum Gasteiger partial charge on any atom is -0.0616 e. The van der Waals surface area contributed by atoms with Gasteiger partial charge in [-0.2, -0.15) is 0 Å². The van der Waals surface area contributed by atoms with Crippen molar-refractivity contribution in [3.8, 4) is 11.1 Å². The smallest absolute Gasteiger partial charge is 0.0137 e. The van der Waals surface area contributed by atoms with Gasteiger partial charge in [0.05, 0.1) is 0 Å². The highest BCUT2D eigenvalue weighted by molar-refractivity contribution is 6.09. The summed E-state index contributed by atoms with van der Waals surface area (Å²) in [6, 6.07) is 27.4. The summed E-state index contributed by atoms with van der Waals surface area (Å²) in [7, 11) is 0. The number of hydrogen-bond acceptors (Lipinski definition) is 0. The molecule has 0 N–H and O–H groups in total. The molecule has 0 nitrogen and oxygen atoms in total. The average Bonchev–Trinajstić information content (AvgIpc) is 3.60. The van der Waals surface area contributed by atoms with Crippen molar-refractivity contribution in [1.82, 2.24) is 0 Å². The molecule has 0 unspecified atom stereocenters. The van der Waals surface area contributed by atoms with Gasteiger partial charge in [-0.25, -0.2) is 0 Å². The predicted octanol–water partition coefficient (Wildman–Crippen LogP) is 9.80. The van der Waals surface area contributed by atoms with Gasteiger partial charge in [0.25, 0.3) is 0 Å². The molecule has 4 aromatic carbocycles. The van der Waals surface area contributed by atoms with Crippen LogP contribution in [0.4, 0.5) is 0 Å². The first kappa shape index (κ1) is 23.3. The highest BCUT2D eigenvalue weighted by atomic mass is 14.4. The number of fused-ring (bicyclic) bond motifs is 4. The van der Waals surface area contributed by atoms with Gasteiger partial charge in [0.2, 0.25) is 0 Å². The summed E-state index contributed by atoms with van der Waals surface area (Å²) in [5, 5.41) is 5.31. The summed E-state index contributed by atoms with van der Waals surface area (Å²) in [6.07, 6.45) is 20.1. The van der Waals surface area contributed by atoms with Crippen molar-refractivity contribution >= 4 is 21.5 Å². The maximum atomic E-state index is 2.49. The number of benzene rings is 4. The van der Waals surface area contributed by atoms with Crippen LogP contribution in [0.15, 0.2) is 72.8 Å². The van der Waals surface area contributed by atoms with Gasteiger partial charge in [-0.3, -0.25) is 0 Å². The molecule has 8 rings (SSSR count). The molecule has 0 bridgehead atoms. The van der Waals surface area contributed by atoms with E-state index in [0.29, 0.717) is 0 Å². The molecule has 0 atom stereocenters. The van der Waals surface area contributed by atoms with E-state index < -0.39 is 0 Å². The van der Waals surface area contributed by atoms with Crippen molar-refractivity contribution in [3.05, 3.63) is 145 Å². The van der Waals surface area contributed by atoms with Crippen LogP contribution in [0.3, 0.4) is 0 Å². The van der Waals surface area contributed by atoms with Gasteiger partial charge in [-0.15, -0.1) is 0 Å². The molecule has 0 amide bonds. The minimum absolute atomic E-state index is 1.22. The van der Waals surface area contributed by atoms with E-state index in [1.807, 2.05) is 0 Å². The first-order valence-electron chi connectivity index (χ1n) is 14.4. The van der Waals surface area contributed by atoms with Gasteiger partial charge in [0, 0.05) is 11.8 Å². The fourth-order valence-electron chi connectivity index (χ4n) is 7.27. The Morgan fingerprint density at radius 2 is 0.737 bits per heavy atom.